The highest BCUT2D eigenvalue weighted by atomic mass is 16.3. The van der Waals surface area contributed by atoms with E-state index in [-0.39, 0.29) is 0 Å². The normalized spacial score (nSPS) is 9.46. The van der Waals surface area contributed by atoms with E-state index in [0.29, 0.717) is 17.1 Å². The van der Waals surface area contributed by atoms with E-state index in [4.69, 9.17) is 9.68 Å². The summed E-state index contributed by atoms with van der Waals surface area (Å²) in [5.74, 6) is 0.567. The number of hydrogen-bond acceptors (Lipinski definition) is 4. The highest BCUT2D eigenvalue weighted by Gasteiger charge is 2.02. The molecule has 2 rings (SSSR count). The molecule has 0 spiro atoms. The van der Waals surface area contributed by atoms with E-state index in [0.717, 1.165) is 0 Å². The van der Waals surface area contributed by atoms with E-state index in [9.17, 15) is 0 Å². The zero-order chi connectivity index (χ0) is 9.10. The van der Waals surface area contributed by atoms with Crippen LogP contribution >= 0.6 is 0 Å². The van der Waals surface area contributed by atoms with Crippen molar-refractivity contribution in [2.45, 2.75) is 0 Å². The summed E-state index contributed by atoms with van der Waals surface area (Å²) < 4.78 is 5.04. The lowest BCUT2D eigenvalue weighted by Gasteiger charge is -1.93. The van der Waals surface area contributed by atoms with Crippen molar-refractivity contribution < 1.29 is 4.42 Å². The number of aromatic nitrogens is 2. The Labute approximate surface area is 74.5 Å². The minimum absolute atomic E-state index is 0.369. The third-order valence-corrected chi connectivity index (χ3v) is 1.55. The summed E-state index contributed by atoms with van der Waals surface area (Å²) in [6.07, 6.45) is 2.89. The molecule has 0 aliphatic carbocycles. The number of hydrogen-bond donors (Lipinski definition) is 0. The van der Waals surface area contributed by atoms with E-state index in [1.54, 1.807) is 24.4 Å². The molecule has 4 heteroatoms. The Balaban J connectivity index is 2.49. The number of nitriles is 1. The molecule has 0 aliphatic heterocycles. The van der Waals surface area contributed by atoms with Crippen LogP contribution in [-0.4, -0.2) is 9.97 Å². The molecular formula is C9H5N3O. The molecule has 0 aliphatic rings. The molecule has 2 heterocycles. The molecule has 0 atom stereocenters. The first-order chi connectivity index (χ1) is 6.40. The van der Waals surface area contributed by atoms with Crippen LogP contribution in [0.25, 0.3) is 11.5 Å². The molecule has 0 amide bonds. The fraction of sp³-hybridized carbons (Fsp3) is 0. The second-order valence-electron chi connectivity index (χ2n) is 2.39. The summed E-state index contributed by atoms with van der Waals surface area (Å²) >= 11 is 0. The van der Waals surface area contributed by atoms with E-state index >= 15 is 0 Å². The molecule has 0 aromatic carbocycles. The Morgan fingerprint density at radius 2 is 2.31 bits per heavy atom. The lowest BCUT2D eigenvalue weighted by atomic mass is 10.3. The lowest BCUT2D eigenvalue weighted by molar-refractivity contribution is 0.570. The van der Waals surface area contributed by atoms with E-state index in [1.807, 2.05) is 6.07 Å². The molecule has 0 saturated heterocycles. The summed E-state index contributed by atoms with van der Waals surface area (Å²) in [7, 11) is 0. The predicted octanol–water partition coefficient (Wildman–Crippen LogP) is 1.61. The Bertz CT molecular complexity index is 442. The van der Waals surface area contributed by atoms with Gasteiger partial charge in [-0.3, -0.25) is 0 Å². The fourth-order valence-electron chi connectivity index (χ4n) is 0.976. The third kappa shape index (κ3) is 1.40. The van der Waals surface area contributed by atoms with E-state index < -0.39 is 0 Å². The highest BCUT2D eigenvalue weighted by molar-refractivity contribution is 5.51. The zero-order valence-electron chi connectivity index (χ0n) is 6.64. The number of pyridine rings is 1. The van der Waals surface area contributed by atoms with Gasteiger partial charge in [0.1, 0.15) is 17.5 Å². The molecule has 62 valence electrons. The van der Waals surface area contributed by atoms with Crippen molar-refractivity contribution in [3.05, 3.63) is 36.5 Å². The number of oxazole rings is 1. The molecule has 0 radical (unpaired) electrons. The monoisotopic (exact) mass is 171 g/mol. The quantitative estimate of drug-likeness (QED) is 0.653. The summed E-state index contributed by atoms with van der Waals surface area (Å²) in [5.41, 5.74) is 0.991. The van der Waals surface area contributed by atoms with Crippen molar-refractivity contribution >= 4 is 0 Å². The second-order valence-corrected chi connectivity index (χ2v) is 2.39. The Kier molecular flexibility index (Phi) is 1.77. The second kappa shape index (κ2) is 3.07. The Morgan fingerprint density at radius 3 is 3.00 bits per heavy atom. The van der Waals surface area contributed by atoms with Gasteiger partial charge >= 0.3 is 0 Å². The van der Waals surface area contributed by atoms with Crippen molar-refractivity contribution in [2.75, 3.05) is 0 Å². The van der Waals surface area contributed by atoms with Crippen LogP contribution < -0.4 is 0 Å². The van der Waals surface area contributed by atoms with Gasteiger partial charge in [0, 0.05) is 0 Å². The maximum Gasteiger partial charge on any atom is 0.181 e. The molecule has 0 N–H and O–H groups in total. The predicted molar refractivity (Wildman–Crippen MR) is 44.4 cm³/mol. The SMILES string of the molecule is N#Cc1cccc(-c2cnco2)n1. The summed E-state index contributed by atoms with van der Waals surface area (Å²) in [5, 5.41) is 8.60. The van der Waals surface area contributed by atoms with Crippen LogP contribution in [0.4, 0.5) is 0 Å². The molecule has 0 fully saturated rings. The largest absolute Gasteiger partial charge is 0.442 e. The average molecular weight is 171 g/mol. The van der Waals surface area contributed by atoms with Crippen LogP contribution in [0.2, 0.25) is 0 Å². The van der Waals surface area contributed by atoms with Crippen LogP contribution in [-0.2, 0) is 0 Å². The molecule has 0 unspecified atom stereocenters. The van der Waals surface area contributed by atoms with Crippen LogP contribution in [0.3, 0.4) is 0 Å². The first kappa shape index (κ1) is 7.50. The van der Waals surface area contributed by atoms with Crippen LogP contribution in [0, 0.1) is 11.3 Å². The van der Waals surface area contributed by atoms with Gasteiger partial charge in [0.2, 0.25) is 0 Å². The number of nitrogens with zero attached hydrogens (tertiary/aromatic N) is 3. The van der Waals surface area contributed by atoms with Crippen LogP contribution in [0.15, 0.2) is 35.2 Å². The molecule has 0 saturated carbocycles. The summed E-state index contributed by atoms with van der Waals surface area (Å²) in [4.78, 5) is 7.80. The van der Waals surface area contributed by atoms with Gasteiger partial charge in [0.15, 0.2) is 12.2 Å². The highest BCUT2D eigenvalue weighted by Crippen LogP contribution is 2.15. The topological polar surface area (TPSA) is 62.7 Å². The fourth-order valence-corrected chi connectivity index (χ4v) is 0.976. The van der Waals surface area contributed by atoms with Gasteiger partial charge in [-0.15, -0.1) is 0 Å². The lowest BCUT2D eigenvalue weighted by Crippen LogP contribution is -1.84. The van der Waals surface area contributed by atoms with Crippen molar-refractivity contribution in [1.82, 2.24) is 9.97 Å². The van der Waals surface area contributed by atoms with E-state index in [1.165, 1.54) is 6.39 Å². The average Bonchev–Trinajstić information content (AvgIpc) is 2.71. The Morgan fingerprint density at radius 1 is 1.38 bits per heavy atom. The van der Waals surface area contributed by atoms with Gasteiger partial charge in [-0.1, -0.05) is 6.07 Å². The summed E-state index contributed by atoms with van der Waals surface area (Å²) in [6.45, 7) is 0. The number of rotatable bonds is 1. The molecule has 4 nitrogen and oxygen atoms in total. The van der Waals surface area contributed by atoms with Gasteiger partial charge in [-0.05, 0) is 12.1 Å². The molecular weight excluding hydrogens is 166 g/mol. The van der Waals surface area contributed by atoms with Gasteiger partial charge in [0.05, 0.1) is 6.20 Å². The maximum atomic E-state index is 8.60. The first-order valence-electron chi connectivity index (χ1n) is 3.66. The van der Waals surface area contributed by atoms with Crippen molar-refractivity contribution in [3.63, 3.8) is 0 Å². The van der Waals surface area contributed by atoms with Crippen LogP contribution in [0.5, 0.6) is 0 Å². The molecule has 0 bridgehead atoms. The van der Waals surface area contributed by atoms with Crippen molar-refractivity contribution in [3.8, 4) is 17.5 Å². The molecule has 13 heavy (non-hydrogen) atoms. The van der Waals surface area contributed by atoms with Gasteiger partial charge < -0.3 is 4.42 Å². The van der Waals surface area contributed by atoms with Crippen LogP contribution in [0.1, 0.15) is 5.69 Å². The zero-order valence-corrected chi connectivity index (χ0v) is 6.64. The maximum absolute atomic E-state index is 8.60. The van der Waals surface area contributed by atoms with E-state index in [2.05, 4.69) is 9.97 Å². The minimum Gasteiger partial charge on any atom is -0.442 e. The van der Waals surface area contributed by atoms with Crippen molar-refractivity contribution in [2.24, 2.45) is 0 Å². The Hall–Kier alpha value is -2.15. The molecule has 2 aromatic heterocycles. The standard InChI is InChI=1S/C9H5N3O/c10-4-7-2-1-3-8(12-7)9-5-11-6-13-9/h1-3,5-6H. The van der Waals surface area contributed by atoms with Crippen molar-refractivity contribution in [1.29, 1.82) is 5.26 Å². The smallest absolute Gasteiger partial charge is 0.181 e. The van der Waals surface area contributed by atoms with Gasteiger partial charge in [-0.2, -0.15) is 5.26 Å². The minimum atomic E-state index is 0.369. The van der Waals surface area contributed by atoms with Gasteiger partial charge in [0.25, 0.3) is 0 Å². The first-order valence-corrected chi connectivity index (χ1v) is 3.66. The summed E-state index contributed by atoms with van der Waals surface area (Å²) in [6, 6.07) is 7.11. The third-order valence-electron chi connectivity index (χ3n) is 1.55. The van der Waals surface area contributed by atoms with Gasteiger partial charge in [-0.25, -0.2) is 9.97 Å². The molecule has 2 aromatic rings.